The van der Waals surface area contributed by atoms with Gasteiger partial charge in [0.25, 0.3) is 0 Å². The maximum atomic E-state index is 12.4. The maximum absolute atomic E-state index is 12.4. The Hall–Kier alpha value is -3.31. The number of hydrogen-bond donors (Lipinski definition) is 3. The summed E-state index contributed by atoms with van der Waals surface area (Å²) >= 11 is 0. The van der Waals surface area contributed by atoms with Crippen molar-refractivity contribution in [2.24, 2.45) is 5.73 Å². The molecule has 4 N–H and O–H groups in total. The van der Waals surface area contributed by atoms with E-state index >= 15 is 0 Å². The van der Waals surface area contributed by atoms with Crippen LogP contribution in [0.4, 0.5) is 11.6 Å². The molecule has 0 saturated heterocycles. The number of nitrogens with one attached hydrogen (secondary N) is 2. The molecule has 4 heterocycles. The van der Waals surface area contributed by atoms with Gasteiger partial charge in [-0.3, -0.25) is 4.78 Å². The molecule has 3 aromatic heterocycles. The van der Waals surface area contributed by atoms with E-state index in [2.05, 4.69) is 15.3 Å². The first-order chi connectivity index (χ1) is 18.5. The number of fused-ring (bicyclic) bond motifs is 2. The summed E-state index contributed by atoms with van der Waals surface area (Å²) in [4.78, 5) is 26.4. The summed E-state index contributed by atoms with van der Waals surface area (Å²) < 4.78 is 31.7. The number of ether oxygens (including phenoxy) is 2. The number of anilines is 2. The van der Waals surface area contributed by atoms with Crippen molar-refractivity contribution in [2.75, 3.05) is 11.6 Å². The number of rotatable bonds is 9. The quantitative estimate of drug-likeness (QED) is 0.287. The minimum absolute atomic E-state index is 0.311. The van der Waals surface area contributed by atoms with Crippen molar-refractivity contribution in [1.29, 1.82) is 4.78 Å². The highest BCUT2D eigenvalue weighted by Gasteiger charge is 2.41. The Morgan fingerprint density at radius 3 is 2.58 bits per heavy atom. The van der Waals surface area contributed by atoms with Gasteiger partial charge in [-0.1, -0.05) is 20.8 Å². The normalized spacial score (nSPS) is 20.9. The van der Waals surface area contributed by atoms with E-state index in [4.69, 9.17) is 25.0 Å². The van der Waals surface area contributed by atoms with E-state index in [1.165, 1.54) is 6.26 Å². The summed E-state index contributed by atoms with van der Waals surface area (Å²) in [5.74, 6) is 1.14. The van der Waals surface area contributed by atoms with Crippen molar-refractivity contribution in [1.82, 2.24) is 15.0 Å². The lowest BCUT2D eigenvalue weighted by atomic mass is 9.79. The average molecular weight is 569 g/mol. The summed E-state index contributed by atoms with van der Waals surface area (Å²) in [6.07, 6.45) is 5.40. The molecule has 0 radical (unpaired) electrons. The van der Waals surface area contributed by atoms with Gasteiger partial charge in [-0.2, -0.15) is 0 Å². The van der Waals surface area contributed by atoms with Crippen molar-refractivity contribution in [3.63, 3.8) is 0 Å². The zero-order valence-corrected chi connectivity index (χ0v) is 25.3. The predicted octanol–water partition coefficient (Wildman–Crippen LogP) is 5.41. The fourth-order valence-electron chi connectivity index (χ4n) is 4.69. The zero-order chi connectivity index (χ0) is 29.6. The molecule has 0 fully saturated rings. The minimum atomic E-state index is -2.69. The highest BCUT2D eigenvalue weighted by molar-refractivity contribution is 7.92. The van der Waals surface area contributed by atoms with Gasteiger partial charge in [0.1, 0.15) is 17.7 Å². The molecule has 3 aromatic rings. The number of hydrogen-bond acceptors (Lipinski definition) is 10. The molecule has 40 heavy (non-hydrogen) atoms. The van der Waals surface area contributed by atoms with Gasteiger partial charge in [-0.25, -0.2) is 24.0 Å². The van der Waals surface area contributed by atoms with Crippen LogP contribution in [0, 0.1) is 4.78 Å². The number of nitrogens with two attached hydrogens (primary N) is 1. The van der Waals surface area contributed by atoms with Crippen molar-refractivity contribution >= 4 is 38.1 Å². The number of aromatic nitrogens is 3. The lowest BCUT2D eigenvalue weighted by molar-refractivity contribution is 0.00864. The molecule has 0 aromatic carbocycles. The monoisotopic (exact) mass is 568 g/mol. The van der Waals surface area contributed by atoms with Gasteiger partial charge in [0.2, 0.25) is 5.88 Å². The largest absolute Gasteiger partial charge is 0.474 e. The molecular weight excluding hydrogens is 528 g/mol. The predicted molar refractivity (Wildman–Crippen MR) is 158 cm³/mol. The van der Waals surface area contributed by atoms with Crippen molar-refractivity contribution < 1.29 is 18.5 Å². The van der Waals surface area contributed by atoms with E-state index in [0.29, 0.717) is 47.0 Å². The molecule has 1 unspecified atom stereocenters. The Bertz CT molecular complexity index is 1550. The minimum Gasteiger partial charge on any atom is -0.474 e. The highest BCUT2D eigenvalue weighted by Crippen LogP contribution is 2.37. The molecule has 5 atom stereocenters. The molecule has 0 spiro atoms. The van der Waals surface area contributed by atoms with Gasteiger partial charge < -0.3 is 20.5 Å². The fraction of sp³-hybridized carbons (Fsp3) is 0.517. The van der Waals surface area contributed by atoms with Crippen LogP contribution < -0.4 is 15.8 Å². The van der Waals surface area contributed by atoms with Crippen LogP contribution in [0.5, 0.6) is 5.88 Å². The van der Waals surface area contributed by atoms with Crippen LogP contribution in [-0.2, 0) is 25.4 Å². The van der Waals surface area contributed by atoms with Crippen LogP contribution in [0.25, 0.3) is 10.8 Å². The summed E-state index contributed by atoms with van der Waals surface area (Å²) in [6.45, 7) is 13.5. The smallest absolute Gasteiger partial charge is 0.340 e. The molecular formula is C29H40N6O4S. The molecule has 0 aliphatic carbocycles. The first-order valence-corrected chi connectivity index (χ1v) is 15.5. The van der Waals surface area contributed by atoms with E-state index in [0.717, 1.165) is 10.9 Å². The molecule has 216 valence electrons. The number of nitrogens with zero attached hydrogens (tertiary/aromatic N) is 3. The van der Waals surface area contributed by atoms with Crippen LogP contribution in [0.1, 0.15) is 82.9 Å². The van der Waals surface area contributed by atoms with Gasteiger partial charge >= 0.3 is 5.97 Å². The SMILES string of the molecule is CC[C@@](C)(N)c1cnc(O[C@H](C)C[C@@H](C)S(C)(=N)=O)c2cnc(Nc3ccc4c(n3)C(C)(C)[C@@H](C)OC4=O)cc12. The third-order valence-electron chi connectivity index (χ3n) is 8.11. The second-order valence-electron chi connectivity index (χ2n) is 11.7. The van der Waals surface area contributed by atoms with Gasteiger partial charge in [-0.15, -0.1) is 0 Å². The van der Waals surface area contributed by atoms with Gasteiger partial charge in [-0.05, 0) is 69.7 Å². The van der Waals surface area contributed by atoms with Crippen LogP contribution in [0.3, 0.4) is 0 Å². The summed E-state index contributed by atoms with van der Waals surface area (Å²) in [5.41, 5.74) is 7.56. The van der Waals surface area contributed by atoms with Crippen molar-refractivity contribution in [3.8, 4) is 5.88 Å². The Kier molecular flexibility index (Phi) is 7.85. The highest BCUT2D eigenvalue weighted by atomic mass is 32.2. The lowest BCUT2D eigenvalue weighted by Crippen LogP contribution is -2.42. The van der Waals surface area contributed by atoms with Crippen molar-refractivity contribution in [2.45, 2.75) is 89.7 Å². The molecule has 1 aliphatic heterocycles. The fourth-order valence-corrected chi connectivity index (χ4v) is 5.33. The van der Waals surface area contributed by atoms with E-state index in [-0.39, 0.29) is 23.4 Å². The zero-order valence-electron chi connectivity index (χ0n) is 24.5. The van der Waals surface area contributed by atoms with Gasteiger partial charge in [0.15, 0.2) is 0 Å². The number of pyridine rings is 3. The second kappa shape index (κ2) is 10.6. The summed E-state index contributed by atoms with van der Waals surface area (Å²) in [7, 11) is -2.69. The Morgan fingerprint density at radius 1 is 1.23 bits per heavy atom. The molecule has 0 bridgehead atoms. The summed E-state index contributed by atoms with van der Waals surface area (Å²) in [6, 6.07) is 5.37. The van der Waals surface area contributed by atoms with Crippen LogP contribution in [0.15, 0.2) is 30.6 Å². The Balaban J connectivity index is 1.72. The van der Waals surface area contributed by atoms with E-state index in [1.807, 2.05) is 47.6 Å². The first kappa shape index (κ1) is 29.7. The lowest BCUT2D eigenvalue weighted by Gasteiger charge is -2.36. The first-order valence-electron chi connectivity index (χ1n) is 13.5. The number of carbonyl (C=O) groups is 1. The maximum Gasteiger partial charge on any atom is 0.340 e. The van der Waals surface area contributed by atoms with E-state index in [9.17, 15) is 9.00 Å². The number of cyclic esters (lactones) is 1. The standard InChI is InChI=1S/C29H40N6O4S/c1-9-29(7,30)22-15-33-26(38-16(2)12-17(3)40(8,31)37)21-14-32-24(13-20(21)22)34-23-11-10-19-25(35-23)28(5,6)18(4)39-27(19)36/h10-11,13-18,31H,9,12,30H2,1-8H3,(H,32,34,35)/t16-,17-,18-,29-,40?/m1/s1. The molecule has 11 heteroatoms. The number of carbonyl (C=O) groups excluding carboxylic acids is 1. The Labute approximate surface area is 236 Å². The Morgan fingerprint density at radius 2 is 1.93 bits per heavy atom. The topological polar surface area (TPSA) is 153 Å². The number of esters is 1. The average Bonchev–Trinajstić information content (AvgIpc) is 2.87. The second-order valence-corrected chi connectivity index (χ2v) is 14.3. The van der Waals surface area contributed by atoms with E-state index < -0.39 is 20.7 Å². The third kappa shape index (κ3) is 5.76. The molecule has 0 amide bonds. The van der Waals surface area contributed by atoms with Gasteiger partial charge in [0, 0.05) is 44.6 Å². The van der Waals surface area contributed by atoms with Crippen LogP contribution in [0.2, 0.25) is 0 Å². The third-order valence-corrected chi connectivity index (χ3v) is 9.84. The van der Waals surface area contributed by atoms with E-state index in [1.54, 1.807) is 31.5 Å². The molecule has 4 rings (SSSR count). The van der Waals surface area contributed by atoms with Gasteiger partial charge in [0.05, 0.1) is 22.7 Å². The van der Waals surface area contributed by atoms with Crippen LogP contribution in [-0.4, -0.2) is 48.8 Å². The molecule has 1 aliphatic rings. The molecule has 10 nitrogen and oxygen atoms in total. The summed E-state index contributed by atoms with van der Waals surface area (Å²) in [5, 5.41) is 4.50. The van der Waals surface area contributed by atoms with Crippen molar-refractivity contribution in [3.05, 3.63) is 47.4 Å². The van der Waals surface area contributed by atoms with Crippen LogP contribution >= 0.6 is 0 Å². The molecule has 0 saturated carbocycles.